The Labute approximate surface area is 74.8 Å². The van der Waals surface area contributed by atoms with Gasteiger partial charge in [0.1, 0.15) is 0 Å². The molecule has 2 atom stereocenters. The lowest BCUT2D eigenvalue weighted by Crippen LogP contribution is -2.15. The van der Waals surface area contributed by atoms with Crippen LogP contribution in [0.1, 0.15) is 51.4 Å². The highest BCUT2D eigenvalue weighted by atomic mass is 14.5. The van der Waals surface area contributed by atoms with Gasteiger partial charge in [0.2, 0.25) is 0 Å². The minimum absolute atomic E-state index is 0.116. The van der Waals surface area contributed by atoms with Gasteiger partial charge < -0.3 is 0 Å². The first-order valence-corrected chi connectivity index (χ1v) is 5.26. The maximum Gasteiger partial charge on any atom is 0.0689 e. The Morgan fingerprint density at radius 2 is 2.00 bits per heavy atom. The molecule has 0 aliphatic heterocycles. The van der Waals surface area contributed by atoms with E-state index in [-0.39, 0.29) is 5.41 Å². The minimum Gasteiger partial charge on any atom is -0.198 e. The van der Waals surface area contributed by atoms with Gasteiger partial charge in [0.05, 0.1) is 11.5 Å². The van der Waals surface area contributed by atoms with Crippen molar-refractivity contribution in [3.8, 4) is 6.07 Å². The van der Waals surface area contributed by atoms with Crippen molar-refractivity contribution >= 4 is 0 Å². The van der Waals surface area contributed by atoms with Gasteiger partial charge in [0.25, 0.3) is 0 Å². The number of rotatable bonds is 0. The van der Waals surface area contributed by atoms with E-state index in [0.717, 1.165) is 5.92 Å². The summed E-state index contributed by atoms with van der Waals surface area (Å²) in [5.74, 6) is 0.893. The predicted molar refractivity (Wildman–Crippen MR) is 48.5 cm³/mol. The molecule has 1 heteroatoms. The van der Waals surface area contributed by atoms with Crippen LogP contribution in [0.15, 0.2) is 0 Å². The normalized spacial score (nSPS) is 41.4. The Hall–Kier alpha value is -0.510. The molecule has 2 aliphatic rings. The molecule has 0 aromatic rings. The van der Waals surface area contributed by atoms with Crippen molar-refractivity contribution in [3.63, 3.8) is 0 Å². The molecule has 0 amide bonds. The summed E-state index contributed by atoms with van der Waals surface area (Å²) in [5, 5.41) is 9.14. The van der Waals surface area contributed by atoms with E-state index in [2.05, 4.69) is 6.07 Å². The van der Waals surface area contributed by atoms with Crippen LogP contribution < -0.4 is 0 Å². The average molecular weight is 163 g/mol. The molecular weight excluding hydrogens is 146 g/mol. The molecule has 0 aromatic carbocycles. The highest BCUT2D eigenvalue weighted by Crippen LogP contribution is 2.48. The largest absolute Gasteiger partial charge is 0.198 e. The third kappa shape index (κ3) is 1.35. The molecule has 0 radical (unpaired) electrons. The van der Waals surface area contributed by atoms with Crippen molar-refractivity contribution in [1.29, 1.82) is 5.26 Å². The van der Waals surface area contributed by atoms with Crippen molar-refractivity contribution in [2.24, 2.45) is 11.3 Å². The molecule has 2 fully saturated rings. The Morgan fingerprint density at radius 3 is 2.83 bits per heavy atom. The second kappa shape index (κ2) is 3.09. The zero-order valence-electron chi connectivity index (χ0n) is 7.68. The molecule has 2 saturated carbocycles. The Bertz CT molecular complexity index is 204. The molecule has 0 heterocycles. The second-order valence-electron chi connectivity index (χ2n) is 4.60. The van der Waals surface area contributed by atoms with Crippen LogP contribution in [0.3, 0.4) is 0 Å². The maximum absolute atomic E-state index is 9.14. The summed E-state index contributed by atoms with van der Waals surface area (Å²) in [5.41, 5.74) is 0.116. The number of hydrogen-bond donors (Lipinski definition) is 0. The van der Waals surface area contributed by atoms with Crippen molar-refractivity contribution in [2.75, 3.05) is 0 Å². The SMILES string of the molecule is N#CC12CCCCCC(CC1)C2. The fourth-order valence-electron chi connectivity index (χ4n) is 2.94. The van der Waals surface area contributed by atoms with Crippen molar-refractivity contribution in [1.82, 2.24) is 0 Å². The van der Waals surface area contributed by atoms with E-state index in [0.29, 0.717) is 0 Å². The van der Waals surface area contributed by atoms with Gasteiger partial charge in [-0.05, 0) is 31.6 Å². The third-order valence-electron chi connectivity index (χ3n) is 3.72. The summed E-state index contributed by atoms with van der Waals surface area (Å²) in [6.45, 7) is 0. The first-order valence-electron chi connectivity index (χ1n) is 5.26. The predicted octanol–water partition coefficient (Wildman–Crippen LogP) is 3.26. The van der Waals surface area contributed by atoms with E-state index in [1.807, 2.05) is 0 Å². The van der Waals surface area contributed by atoms with E-state index >= 15 is 0 Å². The Kier molecular flexibility index (Phi) is 2.09. The zero-order valence-corrected chi connectivity index (χ0v) is 7.68. The summed E-state index contributed by atoms with van der Waals surface area (Å²) in [7, 11) is 0. The van der Waals surface area contributed by atoms with Gasteiger partial charge >= 0.3 is 0 Å². The standard InChI is InChI=1S/C11H17N/c12-9-11-6-3-1-2-4-10(8-11)5-7-11/h10H,1-8H2. The van der Waals surface area contributed by atoms with Crippen LogP contribution in [-0.4, -0.2) is 0 Å². The van der Waals surface area contributed by atoms with Gasteiger partial charge in [-0.15, -0.1) is 0 Å². The summed E-state index contributed by atoms with van der Waals surface area (Å²) in [6, 6.07) is 2.58. The number of nitrogens with zero attached hydrogens (tertiary/aromatic N) is 1. The average Bonchev–Trinajstić information content (AvgIpc) is 2.47. The van der Waals surface area contributed by atoms with E-state index < -0.39 is 0 Å². The van der Waals surface area contributed by atoms with Gasteiger partial charge in [-0.25, -0.2) is 0 Å². The summed E-state index contributed by atoms with van der Waals surface area (Å²) >= 11 is 0. The zero-order chi connectivity index (χ0) is 8.44. The van der Waals surface area contributed by atoms with E-state index in [1.165, 1.54) is 51.4 Å². The molecule has 2 bridgehead atoms. The minimum atomic E-state index is 0.116. The molecular formula is C11H17N. The highest BCUT2D eigenvalue weighted by Gasteiger charge is 2.39. The van der Waals surface area contributed by atoms with Gasteiger partial charge in [0.15, 0.2) is 0 Å². The number of hydrogen-bond acceptors (Lipinski definition) is 1. The maximum atomic E-state index is 9.14. The van der Waals surface area contributed by atoms with E-state index in [1.54, 1.807) is 0 Å². The number of nitriles is 1. The Morgan fingerprint density at radius 1 is 1.08 bits per heavy atom. The Balaban J connectivity index is 2.10. The van der Waals surface area contributed by atoms with Gasteiger partial charge in [0, 0.05) is 0 Å². The topological polar surface area (TPSA) is 23.8 Å². The molecule has 66 valence electrons. The number of fused-ring (bicyclic) bond motifs is 2. The molecule has 2 aliphatic carbocycles. The van der Waals surface area contributed by atoms with Crippen LogP contribution in [0, 0.1) is 22.7 Å². The van der Waals surface area contributed by atoms with Crippen molar-refractivity contribution in [2.45, 2.75) is 51.4 Å². The van der Waals surface area contributed by atoms with Crippen molar-refractivity contribution in [3.05, 3.63) is 0 Å². The van der Waals surface area contributed by atoms with Gasteiger partial charge in [-0.2, -0.15) is 5.26 Å². The molecule has 2 unspecified atom stereocenters. The van der Waals surface area contributed by atoms with E-state index in [4.69, 9.17) is 5.26 Å². The molecule has 0 saturated heterocycles. The first-order chi connectivity index (χ1) is 5.85. The molecule has 2 rings (SSSR count). The van der Waals surface area contributed by atoms with Crippen LogP contribution >= 0.6 is 0 Å². The van der Waals surface area contributed by atoms with E-state index in [9.17, 15) is 0 Å². The van der Waals surface area contributed by atoms with Crippen LogP contribution in [-0.2, 0) is 0 Å². The fourth-order valence-corrected chi connectivity index (χ4v) is 2.94. The smallest absolute Gasteiger partial charge is 0.0689 e. The lowest BCUT2D eigenvalue weighted by atomic mass is 9.79. The lowest BCUT2D eigenvalue weighted by molar-refractivity contribution is 0.311. The van der Waals surface area contributed by atoms with Gasteiger partial charge in [-0.3, -0.25) is 0 Å². The van der Waals surface area contributed by atoms with Crippen LogP contribution in [0.5, 0.6) is 0 Å². The quantitative estimate of drug-likeness (QED) is 0.537. The first kappa shape index (κ1) is 8.10. The molecule has 0 N–H and O–H groups in total. The molecule has 1 nitrogen and oxygen atoms in total. The lowest BCUT2D eigenvalue weighted by Gasteiger charge is -2.23. The van der Waals surface area contributed by atoms with Crippen LogP contribution in [0.4, 0.5) is 0 Å². The highest BCUT2D eigenvalue weighted by molar-refractivity contribution is 5.04. The molecule has 0 spiro atoms. The third-order valence-corrected chi connectivity index (χ3v) is 3.72. The summed E-state index contributed by atoms with van der Waals surface area (Å²) in [4.78, 5) is 0. The summed E-state index contributed by atoms with van der Waals surface area (Å²) < 4.78 is 0. The fraction of sp³-hybridized carbons (Fsp3) is 0.909. The monoisotopic (exact) mass is 163 g/mol. The molecule has 12 heavy (non-hydrogen) atoms. The van der Waals surface area contributed by atoms with Crippen molar-refractivity contribution < 1.29 is 0 Å². The van der Waals surface area contributed by atoms with Crippen LogP contribution in [0.2, 0.25) is 0 Å². The summed E-state index contributed by atoms with van der Waals surface area (Å²) in [6.07, 6.45) is 10.4. The van der Waals surface area contributed by atoms with Crippen LogP contribution in [0.25, 0.3) is 0 Å². The second-order valence-corrected chi connectivity index (χ2v) is 4.60. The molecule has 0 aromatic heterocycles. The van der Waals surface area contributed by atoms with Gasteiger partial charge in [-0.1, -0.05) is 25.7 Å².